The zero-order chi connectivity index (χ0) is 16.1. The highest BCUT2D eigenvalue weighted by Gasteiger charge is 2.33. The third-order valence-corrected chi connectivity index (χ3v) is 3.87. The van der Waals surface area contributed by atoms with Crippen molar-refractivity contribution in [2.75, 3.05) is 20.2 Å². The van der Waals surface area contributed by atoms with Gasteiger partial charge in [-0.15, -0.1) is 0 Å². The highest BCUT2D eigenvalue weighted by Crippen LogP contribution is 2.23. The molecule has 0 aromatic heterocycles. The van der Waals surface area contributed by atoms with E-state index in [-0.39, 0.29) is 18.4 Å². The topological polar surface area (TPSA) is 58.6 Å². The molecule has 0 bridgehead atoms. The Morgan fingerprint density at radius 3 is 2.64 bits per heavy atom. The molecule has 0 unspecified atom stereocenters. The summed E-state index contributed by atoms with van der Waals surface area (Å²) in [5.74, 6) is 0.0654. The number of nitrogens with one attached hydrogen (secondary N) is 1. The molecule has 1 N–H and O–H groups in total. The number of hydrogen-bond acceptors (Lipinski definition) is 4. The molecule has 0 saturated carbocycles. The molecule has 0 aliphatic carbocycles. The van der Waals surface area contributed by atoms with Gasteiger partial charge in [0.1, 0.15) is 6.04 Å². The van der Waals surface area contributed by atoms with Crippen LogP contribution in [0.1, 0.15) is 25.0 Å². The molecule has 0 spiro atoms. The third-order valence-electron chi connectivity index (χ3n) is 3.87. The summed E-state index contributed by atoms with van der Waals surface area (Å²) in [4.78, 5) is 26.0. The summed E-state index contributed by atoms with van der Waals surface area (Å²) in [6.45, 7) is 5.54. The van der Waals surface area contributed by atoms with Crippen molar-refractivity contribution in [3.05, 3.63) is 35.4 Å². The Labute approximate surface area is 131 Å². The molecule has 5 heteroatoms. The maximum atomic E-state index is 12.1. The molecular weight excluding hydrogens is 280 g/mol. The van der Waals surface area contributed by atoms with Crippen LogP contribution >= 0.6 is 0 Å². The summed E-state index contributed by atoms with van der Waals surface area (Å²) in [5.41, 5.74) is 2.32. The average Bonchev–Trinajstić information content (AvgIpc) is 2.51. The smallest absolute Gasteiger partial charge is 0.323 e. The van der Waals surface area contributed by atoms with Crippen LogP contribution in [0.15, 0.2) is 24.3 Å². The van der Waals surface area contributed by atoms with E-state index < -0.39 is 6.04 Å². The molecule has 120 valence electrons. The van der Waals surface area contributed by atoms with Crippen LogP contribution in [0.5, 0.6) is 0 Å². The number of fused-ring (bicyclic) bond motifs is 1. The maximum Gasteiger partial charge on any atom is 0.323 e. The molecule has 22 heavy (non-hydrogen) atoms. The summed E-state index contributed by atoms with van der Waals surface area (Å²) in [7, 11) is 1.39. The van der Waals surface area contributed by atoms with Crippen LogP contribution in [0.25, 0.3) is 0 Å². The van der Waals surface area contributed by atoms with E-state index in [1.165, 1.54) is 12.7 Å². The van der Waals surface area contributed by atoms with E-state index in [1.54, 1.807) is 0 Å². The van der Waals surface area contributed by atoms with Crippen molar-refractivity contribution >= 4 is 11.9 Å². The molecule has 0 fully saturated rings. The SMILES string of the molecule is COC(=O)[C@@H]1Cc2ccccc2CN1CC(=O)NCC(C)C. The van der Waals surface area contributed by atoms with Crippen LogP contribution in [0, 0.1) is 5.92 Å². The van der Waals surface area contributed by atoms with Gasteiger partial charge in [-0.1, -0.05) is 38.1 Å². The van der Waals surface area contributed by atoms with Gasteiger partial charge in [0.2, 0.25) is 5.91 Å². The fourth-order valence-corrected chi connectivity index (χ4v) is 2.67. The number of rotatable bonds is 5. The first-order valence-corrected chi connectivity index (χ1v) is 7.66. The van der Waals surface area contributed by atoms with E-state index in [2.05, 4.69) is 19.2 Å². The van der Waals surface area contributed by atoms with Gasteiger partial charge in [0, 0.05) is 13.1 Å². The summed E-state index contributed by atoms with van der Waals surface area (Å²) < 4.78 is 4.90. The fraction of sp³-hybridized carbons (Fsp3) is 0.529. The highest BCUT2D eigenvalue weighted by atomic mass is 16.5. The lowest BCUT2D eigenvalue weighted by Gasteiger charge is -2.34. The summed E-state index contributed by atoms with van der Waals surface area (Å²) in [5, 5.41) is 2.90. The molecular formula is C17H24N2O3. The third kappa shape index (κ3) is 4.07. The maximum absolute atomic E-state index is 12.1. The second-order valence-electron chi connectivity index (χ2n) is 6.11. The largest absolute Gasteiger partial charge is 0.468 e. The average molecular weight is 304 g/mol. The molecule has 5 nitrogen and oxygen atoms in total. The van der Waals surface area contributed by atoms with Crippen LogP contribution in [0.3, 0.4) is 0 Å². The van der Waals surface area contributed by atoms with Crippen molar-refractivity contribution in [2.24, 2.45) is 5.92 Å². The van der Waals surface area contributed by atoms with Gasteiger partial charge in [-0.3, -0.25) is 14.5 Å². The Morgan fingerprint density at radius 1 is 1.32 bits per heavy atom. The van der Waals surface area contributed by atoms with Crippen LogP contribution in [-0.2, 0) is 27.3 Å². The molecule has 1 aromatic carbocycles. The van der Waals surface area contributed by atoms with Crippen molar-refractivity contribution in [2.45, 2.75) is 32.9 Å². The van der Waals surface area contributed by atoms with Crippen molar-refractivity contribution in [3.63, 3.8) is 0 Å². The van der Waals surface area contributed by atoms with Gasteiger partial charge in [0.25, 0.3) is 0 Å². The molecule has 1 heterocycles. The fourth-order valence-electron chi connectivity index (χ4n) is 2.67. The molecule has 1 amide bonds. The highest BCUT2D eigenvalue weighted by molar-refractivity contribution is 5.81. The lowest BCUT2D eigenvalue weighted by molar-refractivity contribution is -0.148. The molecule has 1 atom stereocenters. The van der Waals surface area contributed by atoms with E-state index in [4.69, 9.17) is 4.74 Å². The number of nitrogens with zero attached hydrogens (tertiary/aromatic N) is 1. The van der Waals surface area contributed by atoms with Gasteiger partial charge >= 0.3 is 5.97 Å². The Bertz CT molecular complexity index is 542. The second kappa shape index (κ2) is 7.40. The quantitative estimate of drug-likeness (QED) is 0.835. The lowest BCUT2D eigenvalue weighted by atomic mass is 9.94. The van der Waals surface area contributed by atoms with Crippen LogP contribution in [-0.4, -0.2) is 43.0 Å². The van der Waals surface area contributed by atoms with Crippen LogP contribution in [0.2, 0.25) is 0 Å². The standard InChI is InChI=1S/C17H24N2O3/c1-12(2)9-18-16(20)11-19-10-14-7-5-4-6-13(14)8-15(19)17(21)22-3/h4-7,12,15H,8-11H2,1-3H3,(H,18,20)/t15-/m0/s1. The molecule has 2 rings (SSSR count). The zero-order valence-electron chi connectivity index (χ0n) is 13.5. The molecule has 1 aliphatic heterocycles. The minimum atomic E-state index is -0.398. The van der Waals surface area contributed by atoms with Crippen molar-refractivity contribution < 1.29 is 14.3 Å². The number of esters is 1. The van der Waals surface area contributed by atoms with Gasteiger partial charge in [-0.2, -0.15) is 0 Å². The van der Waals surface area contributed by atoms with E-state index in [0.717, 1.165) is 5.56 Å². The summed E-state index contributed by atoms with van der Waals surface area (Å²) >= 11 is 0. The summed E-state index contributed by atoms with van der Waals surface area (Å²) in [6, 6.07) is 7.63. The van der Waals surface area contributed by atoms with Gasteiger partial charge in [-0.25, -0.2) is 0 Å². The predicted molar refractivity (Wildman–Crippen MR) is 84.2 cm³/mol. The minimum absolute atomic E-state index is 0.0537. The Kier molecular flexibility index (Phi) is 5.55. The predicted octanol–water partition coefficient (Wildman–Crippen LogP) is 1.36. The van der Waals surface area contributed by atoms with Crippen molar-refractivity contribution in [1.29, 1.82) is 0 Å². The first-order chi connectivity index (χ1) is 10.5. The van der Waals surface area contributed by atoms with Gasteiger partial charge in [-0.05, 0) is 23.5 Å². The van der Waals surface area contributed by atoms with Crippen LogP contribution in [0.4, 0.5) is 0 Å². The van der Waals surface area contributed by atoms with E-state index in [0.29, 0.717) is 25.4 Å². The minimum Gasteiger partial charge on any atom is -0.468 e. The normalized spacial score (nSPS) is 17.9. The number of methoxy groups -OCH3 is 1. The van der Waals surface area contributed by atoms with Crippen molar-refractivity contribution in [1.82, 2.24) is 10.2 Å². The van der Waals surface area contributed by atoms with Gasteiger partial charge in [0.05, 0.1) is 13.7 Å². The summed E-state index contributed by atoms with van der Waals surface area (Å²) in [6.07, 6.45) is 0.584. The molecule has 0 radical (unpaired) electrons. The zero-order valence-corrected chi connectivity index (χ0v) is 13.5. The molecule has 1 aliphatic rings. The van der Waals surface area contributed by atoms with Crippen LogP contribution < -0.4 is 5.32 Å². The Morgan fingerprint density at radius 2 is 2.00 bits per heavy atom. The van der Waals surface area contributed by atoms with E-state index >= 15 is 0 Å². The van der Waals surface area contributed by atoms with Crippen molar-refractivity contribution in [3.8, 4) is 0 Å². The number of amides is 1. The number of ether oxygens (including phenoxy) is 1. The van der Waals surface area contributed by atoms with Gasteiger partial charge < -0.3 is 10.1 Å². The number of carbonyl (C=O) groups is 2. The van der Waals surface area contributed by atoms with E-state index in [9.17, 15) is 9.59 Å². The molecule has 1 aromatic rings. The number of carbonyl (C=O) groups excluding carboxylic acids is 2. The first-order valence-electron chi connectivity index (χ1n) is 7.66. The van der Waals surface area contributed by atoms with E-state index in [1.807, 2.05) is 29.2 Å². The molecule has 0 saturated heterocycles. The number of benzene rings is 1. The second-order valence-corrected chi connectivity index (χ2v) is 6.11. The Hall–Kier alpha value is -1.88. The first kappa shape index (κ1) is 16.5. The Balaban J connectivity index is 2.09. The number of hydrogen-bond donors (Lipinski definition) is 1. The lowest BCUT2D eigenvalue weighted by Crippen LogP contribution is -2.50. The van der Waals surface area contributed by atoms with Gasteiger partial charge in [0.15, 0.2) is 0 Å². The monoisotopic (exact) mass is 304 g/mol.